The summed E-state index contributed by atoms with van der Waals surface area (Å²) >= 11 is 2.73. The van der Waals surface area contributed by atoms with Gasteiger partial charge in [-0.25, -0.2) is 0 Å². The highest BCUT2D eigenvalue weighted by Crippen LogP contribution is 2.35. The Morgan fingerprint density at radius 1 is 1.25 bits per heavy atom. The number of benzene rings is 2. The Bertz CT molecular complexity index is 1020. The highest BCUT2D eigenvalue weighted by molar-refractivity contribution is 7.94. The van der Waals surface area contributed by atoms with Crippen LogP contribution in [0, 0.1) is 6.92 Å². The number of furan rings is 1. The first-order valence-electron chi connectivity index (χ1n) is 7.61. The van der Waals surface area contributed by atoms with Gasteiger partial charge in [-0.3, -0.25) is 5.04 Å². The summed E-state index contributed by atoms with van der Waals surface area (Å²) in [5.41, 5.74) is 2.88. The lowest BCUT2D eigenvalue weighted by Crippen LogP contribution is -2.38. The van der Waals surface area contributed by atoms with Gasteiger partial charge in [0.05, 0.1) is 0 Å². The minimum atomic E-state index is -0.0386. The normalized spacial score (nSPS) is 13.3. The monoisotopic (exact) mass is 361 g/mol. The summed E-state index contributed by atoms with van der Waals surface area (Å²) in [7, 11) is 0. The first kappa shape index (κ1) is 15.9. The van der Waals surface area contributed by atoms with Crippen molar-refractivity contribution in [3.05, 3.63) is 41.4 Å². The number of fused-ring (bicyclic) bond motifs is 4. The van der Waals surface area contributed by atoms with Gasteiger partial charge in [0.25, 0.3) is 0 Å². The van der Waals surface area contributed by atoms with Crippen LogP contribution in [0.15, 0.2) is 40.8 Å². The van der Waals surface area contributed by atoms with Gasteiger partial charge in [-0.1, -0.05) is 36.5 Å². The Morgan fingerprint density at radius 3 is 2.88 bits per heavy atom. The molecular formula is C17H15NO4S2. The second-order valence-electron chi connectivity index (χ2n) is 5.50. The van der Waals surface area contributed by atoms with Crippen molar-refractivity contribution in [1.29, 1.82) is 0 Å². The van der Waals surface area contributed by atoms with E-state index in [2.05, 4.69) is 39.1 Å². The second-order valence-corrected chi connectivity index (χ2v) is 7.61. The van der Waals surface area contributed by atoms with Gasteiger partial charge in [0.15, 0.2) is 0 Å². The van der Waals surface area contributed by atoms with Gasteiger partial charge in [0.1, 0.15) is 27.9 Å². The maximum Gasteiger partial charge on any atom is 0.236 e. The highest BCUT2D eigenvalue weighted by atomic mass is 32.2. The van der Waals surface area contributed by atoms with E-state index in [4.69, 9.17) is 4.42 Å². The maximum absolute atomic E-state index is 10.2. The molecule has 1 atom stereocenters. The lowest BCUT2D eigenvalue weighted by molar-refractivity contribution is -0.778. The van der Waals surface area contributed by atoms with Gasteiger partial charge in [0.2, 0.25) is 15.9 Å². The van der Waals surface area contributed by atoms with Crippen molar-refractivity contribution in [3.8, 4) is 0 Å². The summed E-state index contributed by atoms with van der Waals surface area (Å²) in [6, 6.07) is 12.3. The molecule has 0 aliphatic heterocycles. The number of nitrogens with zero attached hydrogens (tertiary/aromatic N) is 1. The molecule has 4 aromatic rings. The van der Waals surface area contributed by atoms with Crippen LogP contribution < -0.4 is 9.82 Å². The van der Waals surface area contributed by atoms with Crippen molar-refractivity contribution in [3.63, 3.8) is 0 Å². The molecule has 4 rings (SSSR count). The summed E-state index contributed by atoms with van der Waals surface area (Å²) in [5, 5.41) is 17.0. The number of rotatable bonds is 5. The van der Waals surface area contributed by atoms with Crippen molar-refractivity contribution in [2.45, 2.75) is 25.6 Å². The van der Waals surface area contributed by atoms with E-state index in [-0.39, 0.29) is 5.37 Å². The third kappa shape index (κ3) is 2.49. The van der Waals surface area contributed by atoms with Crippen molar-refractivity contribution >= 4 is 55.5 Å². The van der Waals surface area contributed by atoms with E-state index in [9.17, 15) is 5.26 Å². The van der Waals surface area contributed by atoms with E-state index in [0.29, 0.717) is 0 Å². The Morgan fingerprint density at radius 2 is 2.08 bits per heavy atom. The number of hydrogen-bond acceptors (Lipinski definition) is 6. The zero-order valence-corrected chi connectivity index (χ0v) is 14.8. The zero-order chi connectivity index (χ0) is 16.7. The Hall–Kier alpha value is -1.64. The molecule has 0 bridgehead atoms. The average Bonchev–Trinajstić information content (AvgIpc) is 3.10. The van der Waals surface area contributed by atoms with Crippen LogP contribution in [0.5, 0.6) is 0 Å². The molecule has 124 valence electrons. The Balaban J connectivity index is 1.96. The van der Waals surface area contributed by atoms with Crippen molar-refractivity contribution in [2.75, 3.05) is 0 Å². The minimum absolute atomic E-state index is 0.0386. The van der Waals surface area contributed by atoms with Crippen molar-refractivity contribution in [1.82, 2.24) is 0 Å². The molecule has 2 heterocycles. The fourth-order valence-electron chi connectivity index (χ4n) is 3.10. The van der Waals surface area contributed by atoms with Gasteiger partial charge in [0, 0.05) is 36.2 Å². The van der Waals surface area contributed by atoms with Crippen LogP contribution >= 0.6 is 23.4 Å². The number of thiazole rings is 1. The molecule has 0 aliphatic carbocycles. The van der Waals surface area contributed by atoms with Gasteiger partial charge >= 0.3 is 0 Å². The van der Waals surface area contributed by atoms with Gasteiger partial charge in [-0.15, -0.1) is 0 Å². The Labute approximate surface area is 146 Å². The SMILES string of the molecule is CCC(SOO[O-])[n+]1c(C)sc2cc3oc4ccccc4c3cc21. The molecule has 0 N–H and O–H groups in total. The molecule has 24 heavy (non-hydrogen) atoms. The third-order valence-electron chi connectivity index (χ3n) is 4.13. The minimum Gasteiger partial charge on any atom is -0.691 e. The van der Waals surface area contributed by atoms with Gasteiger partial charge < -0.3 is 9.67 Å². The summed E-state index contributed by atoms with van der Waals surface area (Å²) in [6.45, 7) is 4.11. The predicted octanol–water partition coefficient (Wildman–Crippen LogP) is 4.18. The largest absolute Gasteiger partial charge is 0.691 e. The second kappa shape index (κ2) is 6.34. The predicted molar refractivity (Wildman–Crippen MR) is 93.1 cm³/mol. The highest BCUT2D eigenvalue weighted by Gasteiger charge is 2.28. The average molecular weight is 361 g/mol. The zero-order valence-electron chi connectivity index (χ0n) is 13.1. The number of aromatic nitrogens is 1. The lowest BCUT2D eigenvalue weighted by Gasteiger charge is -2.10. The van der Waals surface area contributed by atoms with Gasteiger partial charge in [-0.05, 0) is 6.07 Å². The lowest BCUT2D eigenvalue weighted by atomic mass is 10.1. The van der Waals surface area contributed by atoms with Gasteiger partial charge in [-0.2, -0.15) is 8.90 Å². The number of para-hydroxylation sites is 1. The Kier molecular flexibility index (Phi) is 4.19. The standard InChI is InChI=1S/C17H15NO4S2/c1-3-17(24-22-21-19)18-10(2)23-16-9-15-12(8-13(16)18)11-6-4-5-7-14(11)20-15/h4-9,17H,3H2,1-2H3. The molecule has 2 aromatic heterocycles. The van der Waals surface area contributed by atoms with Crippen molar-refractivity contribution in [2.24, 2.45) is 0 Å². The molecule has 0 aliphatic rings. The number of hydrogen-bond donors (Lipinski definition) is 0. The van der Waals surface area contributed by atoms with E-state index >= 15 is 0 Å². The topological polar surface area (TPSA) is 58.5 Å². The molecule has 0 radical (unpaired) electrons. The fourth-order valence-corrected chi connectivity index (χ4v) is 4.86. The molecule has 1 unspecified atom stereocenters. The quantitative estimate of drug-likeness (QED) is 0.231. The molecule has 0 fully saturated rings. The van der Waals surface area contributed by atoms with Crippen LogP contribution in [0.4, 0.5) is 0 Å². The molecule has 5 nitrogen and oxygen atoms in total. The molecule has 2 aromatic carbocycles. The fraction of sp³-hybridized carbons (Fsp3) is 0.235. The molecule has 0 spiro atoms. The first-order valence-corrected chi connectivity index (χ1v) is 9.23. The number of aryl methyl sites for hydroxylation is 1. The summed E-state index contributed by atoms with van der Waals surface area (Å²) in [4.78, 5) is 0. The molecule has 0 saturated heterocycles. The van der Waals surface area contributed by atoms with Crippen molar-refractivity contribution < 1.29 is 23.6 Å². The summed E-state index contributed by atoms with van der Waals surface area (Å²) in [5.74, 6) is 0. The van der Waals surface area contributed by atoms with E-state index in [1.165, 1.54) is 0 Å². The van der Waals surface area contributed by atoms with E-state index < -0.39 is 0 Å². The van der Waals surface area contributed by atoms with Crippen LogP contribution in [0.1, 0.15) is 23.7 Å². The van der Waals surface area contributed by atoms with Crippen LogP contribution in [0.2, 0.25) is 0 Å². The smallest absolute Gasteiger partial charge is 0.236 e. The van der Waals surface area contributed by atoms with Crippen LogP contribution in [0.25, 0.3) is 32.2 Å². The summed E-state index contributed by atoms with van der Waals surface area (Å²) < 4.78 is 13.9. The summed E-state index contributed by atoms with van der Waals surface area (Å²) in [6.07, 6.45) is 0.801. The maximum atomic E-state index is 10.2. The van der Waals surface area contributed by atoms with E-state index in [0.717, 1.165) is 55.6 Å². The molecule has 0 amide bonds. The van der Waals surface area contributed by atoms with Crippen LogP contribution in [-0.2, 0) is 9.37 Å². The third-order valence-corrected chi connectivity index (χ3v) is 6.07. The van der Waals surface area contributed by atoms with Crippen LogP contribution in [-0.4, -0.2) is 0 Å². The van der Waals surface area contributed by atoms with E-state index in [1.54, 1.807) is 11.3 Å². The van der Waals surface area contributed by atoms with E-state index in [1.807, 2.05) is 25.1 Å². The molecule has 7 heteroatoms. The molecular weight excluding hydrogens is 346 g/mol. The first-order chi connectivity index (χ1) is 11.7. The molecule has 0 saturated carbocycles. The van der Waals surface area contributed by atoms with Crippen LogP contribution in [0.3, 0.4) is 0 Å².